The number of ether oxygens (including phenoxy) is 1. The van der Waals surface area contributed by atoms with E-state index >= 15 is 0 Å². The zero-order valence-corrected chi connectivity index (χ0v) is 16.1. The first kappa shape index (κ1) is 19.4. The molecule has 0 aliphatic carbocycles. The van der Waals surface area contributed by atoms with E-state index in [9.17, 15) is 14.7 Å². The highest BCUT2D eigenvalue weighted by atomic mass is 16.5. The van der Waals surface area contributed by atoms with Crippen LogP contribution >= 0.6 is 0 Å². The van der Waals surface area contributed by atoms with Crippen LogP contribution in [0.2, 0.25) is 0 Å². The van der Waals surface area contributed by atoms with Crippen LogP contribution in [0.15, 0.2) is 30.0 Å². The maximum Gasteiger partial charge on any atom is 0.277 e. The molecule has 2 aliphatic heterocycles. The summed E-state index contributed by atoms with van der Waals surface area (Å²) in [5.41, 5.74) is 1.67. The zero-order valence-electron chi connectivity index (χ0n) is 16.1. The molecule has 1 atom stereocenters. The Bertz CT molecular complexity index is 726. The van der Waals surface area contributed by atoms with Crippen LogP contribution in [-0.2, 0) is 9.59 Å². The summed E-state index contributed by atoms with van der Waals surface area (Å²) in [5.74, 6) is 0.411. The Labute approximate surface area is 160 Å². The van der Waals surface area contributed by atoms with E-state index in [1.54, 1.807) is 0 Å². The number of hydrogen-bond acceptors (Lipinski definition) is 5. The number of amides is 2. The van der Waals surface area contributed by atoms with Crippen LogP contribution in [0.3, 0.4) is 0 Å². The molecule has 0 spiro atoms. The summed E-state index contributed by atoms with van der Waals surface area (Å²) in [4.78, 5) is 29.2. The molecule has 1 unspecified atom stereocenters. The lowest BCUT2D eigenvalue weighted by Gasteiger charge is -2.34. The summed E-state index contributed by atoms with van der Waals surface area (Å²) >= 11 is 0. The first-order valence-corrected chi connectivity index (χ1v) is 9.80. The van der Waals surface area contributed by atoms with Crippen LogP contribution in [-0.4, -0.2) is 59.6 Å². The summed E-state index contributed by atoms with van der Waals surface area (Å²) in [6.45, 7) is 6.27. The Kier molecular flexibility index (Phi) is 6.16. The van der Waals surface area contributed by atoms with Crippen LogP contribution in [0.5, 0.6) is 5.75 Å². The average Bonchev–Trinajstić information content (AvgIpc) is 2.96. The molecule has 27 heavy (non-hydrogen) atoms. The van der Waals surface area contributed by atoms with Gasteiger partial charge in [0.15, 0.2) is 0 Å². The molecule has 0 radical (unpaired) electrons. The van der Waals surface area contributed by atoms with Gasteiger partial charge in [0.25, 0.3) is 11.8 Å². The van der Waals surface area contributed by atoms with E-state index in [-0.39, 0.29) is 24.3 Å². The number of nitrogens with zero attached hydrogens (tertiary/aromatic N) is 2. The maximum absolute atomic E-state index is 13.0. The molecule has 6 nitrogen and oxygen atoms in total. The number of likely N-dealkylation sites (tertiary alicyclic amines) is 1. The molecule has 3 rings (SSSR count). The van der Waals surface area contributed by atoms with Crippen LogP contribution < -0.4 is 4.74 Å². The minimum absolute atomic E-state index is 0.0994. The lowest BCUT2D eigenvalue weighted by Crippen LogP contribution is -2.40. The molecule has 1 fully saturated rings. The average molecular weight is 372 g/mol. The van der Waals surface area contributed by atoms with Gasteiger partial charge >= 0.3 is 0 Å². The number of benzene rings is 1. The quantitative estimate of drug-likeness (QED) is 0.744. The third kappa shape index (κ3) is 3.86. The van der Waals surface area contributed by atoms with Crippen molar-refractivity contribution in [2.75, 3.05) is 32.8 Å². The van der Waals surface area contributed by atoms with Crippen molar-refractivity contribution < 1.29 is 19.4 Å². The van der Waals surface area contributed by atoms with E-state index in [4.69, 9.17) is 4.74 Å². The van der Waals surface area contributed by atoms with Crippen LogP contribution in [0, 0.1) is 5.92 Å². The highest BCUT2D eigenvalue weighted by Gasteiger charge is 2.41. The molecule has 1 aromatic carbocycles. The van der Waals surface area contributed by atoms with Crippen molar-refractivity contribution in [2.45, 2.75) is 33.1 Å². The summed E-state index contributed by atoms with van der Waals surface area (Å²) < 4.78 is 5.62. The molecule has 6 heteroatoms. The van der Waals surface area contributed by atoms with Crippen LogP contribution in [0.25, 0.3) is 5.57 Å². The lowest BCUT2D eigenvalue weighted by atomic mass is 9.97. The molecule has 0 bridgehead atoms. The fraction of sp³-hybridized carbons (Fsp3) is 0.524. The number of likely N-dealkylation sites (N-methyl/N-ethyl adjacent to an activating group) is 1. The van der Waals surface area contributed by atoms with Gasteiger partial charge in [-0.1, -0.05) is 19.1 Å². The van der Waals surface area contributed by atoms with Gasteiger partial charge in [0, 0.05) is 26.2 Å². The maximum atomic E-state index is 13.0. The predicted octanol–water partition coefficient (Wildman–Crippen LogP) is 2.28. The molecule has 1 N–H and O–H groups in total. The highest BCUT2D eigenvalue weighted by molar-refractivity contribution is 6.35. The standard InChI is InChI=1S/C21H28N2O4/c1-3-12-27-17-9-7-16(8-10-17)18-19(21(26)23(4-2)20(18)25)22-11-5-6-15(13-22)14-24/h7-10,15,24H,3-6,11-14H2,1-2H3. The molecule has 0 aromatic heterocycles. The second kappa shape index (κ2) is 8.57. The minimum Gasteiger partial charge on any atom is -0.494 e. The van der Waals surface area contributed by atoms with E-state index < -0.39 is 0 Å². The SMILES string of the molecule is CCCOc1ccc(C2=C(N3CCCC(CO)C3)C(=O)N(CC)C2=O)cc1. The van der Waals surface area contributed by atoms with Crippen molar-refractivity contribution in [3.63, 3.8) is 0 Å². The molecule has 1 aromatic rings. The predicted molar refractivity (Wildman–Crippen MR) is 103 cm³/mol. The summed E-state index contributed by atoms with van der Waals surface area (Å²) in [7, 11) is 0. The Morgan fingerprint density at radius 2 is 1.89 bits per heavy atom. The minimum atomic E-state index is -0.245. The molecule has 146 valence electrons. The monoisotopic (exact) mass is 372 g/mol. The van der Waals surface area contributed by atoms with Crippen LogP contribution in [0.4, 0.5) is 0 Å². The van der Waals surface area contributed by atoms with Gasteiger partial charge in [0.05, 0.1) is 12.2 Å². The van der Waals surface area contributed by atoms with Gasteiger partial charge in [-0.2, -0.15) is 0 Å². The Balaban J connectivity index is 1.97. The number of piperidine rings is 1. The van der Waals surface area contributed by atoms with Gasteiger partial charge in [0.1, 0.15) is 11.4 Å². The topological polar surface area (TPSA) is 70.1 Å². The van der Waals surface area contributed by atoms with Gasteiger partial charge in [-0.25, -0.2) is 0 Å². The first-order valence-electron chi connectivity index (χ1n) is 9.80. The van der Waals surface area contributed by atoms with Crippen LogP contribution in [0.1, 0.15) is 38.7 Å². The number of aliphatic hydroxyl groups is 1. The first-order chi connectivity index (χ1) is 13.1. The summed E-state index contributed by atoms with van der Waals surface area (Å²) in [5, 5.41) is 9.53. The Hall–Kier alpha value is -2.34. The molecule has 0 saturated carbocycles. The smallest absolute Gasteiger partial charge is 0.277 e. The Morgan fingerprint density at radius 1 is 1.15 bits per heavy atom. The number of hydrogen-bond donors (Lipinski definition) is 1. The van der Waals surface area contributed by atoms with Crippen molar-refractivity contribution in [3.8, 4) is 5.75 Å². The third-order valence-electron chi connectivity index (χ3n) is 5.17. The number of imide groups is 1. The van der Waals surface area contributed by atoms with Gasteiger partial charge in [-0.3, -0.25) is 14.5 Å². The fourth-order valence-corrected chi connectivity index (χ4v) is 3.76. The summed E-state index contributed by atoms with van der Waals surface area (Å²) in [6.07, 6.45) is 2.77. The molecule has 2 amide bonds. The van der Waals surface area contributed by atoms with E-state index in [1.165, 1.54) is 4.90 Å². The molecule has 2 aliphatic rings. The third-order valence-corrected chi connectivity index (χ3v) is 5.17. The Morgan fingerprint density at radius 3 is 2.52 bits per heavy atom. The fourth-order valence-electron chi connectivity index (χ4n) is 3.76. The second-order valence-electron chi connectivity index (χ2n) is 7.09. The molecular weight excluding hydrogens is 344 g/mol. The van der Waals surface area contributed by atoms with Crippen molar-refractivity contribution in [1.82, 2.24) is 9.80 Å². The van der Waals surface area contributed by atoms with Gasteiger partial charge < -0.3 is 14.7 Å². The van der Waals surface area contributed by atoms with E-state index in [0.717, 1.165) is 37.1 Å². The van der Waals surface area contributed by atoms with Crippen molar-refractivity contribution in [3.05, 3.63) is 35.5 Å². The molecular formula is C21H28N2O4. The largest absolute Gasteiger partial charge is 0.494 e. The highest BCUT2D eigenvalue weighted by Crippen LogP contribution is 2.34. The number of carbonyl (C=O) groups is 2. The molecule has 1 saturated heterocycles. The normalized spacial score (nSPS) is 20.6. The van der Waals surface area contributed by atoms with Gasteiger partial charge in [0.2, 0.25) is 0 Å². The number of carbonyl (C=O) groups excluding carboxylic acids is 2. The van der Waals surface area contributed by atoms with Gasteiger partial charge in [-0.05, 0) is 49.8 Å². The van der Waals surface area contributed by atoms with Crippen molar-refractivity contribution >= 4 is 17.4 Å². The molecule has 2 heterocycles. The lowest BCUT2D eigenvalue weighted by molar-refractivity contribution is -0.137. The second-order valence-corrected chi connectivity index (χ2v) is 7.09. The van der Waals surface area contributed by atoms with Crippen molar-refractivity contribution in [2.24, 2.45) is 5.92 Å². The van der Waals surface area contributed by atoms with Crippen molar-refractivity contribution in [1.29, 1.82) is 0 Å². The van der Waals surface area contributed by atoms with Gasteiger partial charge in [-0.15, -0.1) is 0 Å². The van der Waals surface area contributed by atoms with E-state index in [0.29, 0.717) is 31.0 Å². The van der Waals surface area contributed by atoms with E-state index in [1.807, 2.05) is 43.0 Å². The van der Waals surface area contributed by atoms with E-state index in [2.05, 4.69) is 0 Å². The number of rotatable bonds is 7. The summed E-state index contributed by atoms with van der Waals surface area (Å²) in [6, 6.07) is 7.37. The number of aliphatic hydroxyl groups excluding tert-OH is 1. The zero-order chi connectivity index (χ0) is 19.4.